The van der Waals surface area contributed by atoms with Gasteiger partial charge in [0.05, 0.1) is 0 Å². The predicted molar refractivity (Wildman–Crippen MR) is 119 cm³/mol. The second-order valence-corrected chi connectivity index (χ2v) is 7.05. The Morgan fingerprint density at radius 3 is 2.65 bits per heavy atom. The van der Waals surface area contributed by atoms with Crippen molar-refractivity contribution in [2.45, 2.75) is 65.8 Å². The second-order valence-electron chi connectivity index (χ2n) is 7.05. The van der Waals surface area contributed by atoms with Crippen LogP contribution in [0.4, 0.5) is 0 Å². The molecule has 1 aliphatic rings. The summed E-state index contributed by atoms with van der Waals surface area (Å²) in [5.74, 6) is 1.75. The van der Waals surface area contributed by atoms with E-state index in [4.69, 9.17) is 4.74 Å². The van der Waals surface area contributed by atoms with Gasteiger partial charge >= 0.3 is 0 Å². The average molecular weight is 482 g/mol. The molecule has 0 aromatic rings. The highest BCUT2D eigenvalue weighted by molar-refractivity contribution is 14.0. The summed E-state index contributed by atoms with van der Waals surface area (Å²) in [6.07, 6.45) is 4.63. The van der Waals surface area contributed by atoms with Crippen LogP contribution in [0.25, 0.3) is 0 Å². The van der Waals surface area contributed by atoms with Crippen molar-refractivity contribution in [2.24, 2.45) is 10.9 Å². The first-order valence-electron chi connectivity index (χ1n) is 9.97. The molecule has 1 saturated heterocycles. The van der Waals surface area contributed by atoms with E-state index in [0.29, 0.717) is 24.3 Å². The van der Waals surface area contributed by atoms with Crippen LogP contribution in [0.3, 0.4) is 0 Å². The number of ether oxygens (including phenoxy) is 1. The number of rotatable bonds is 12. The van der Waals surface area contributed by atoms with Gasteiger partial charge < -0.3 is 20.3 Å². The molecule has 6 nitrogen and oxygen atoms in total. The Labute approximate surface area is 176 Å². The van der Waals surface area contributed by atoms with Crippen molar-refractivity contribution in [3.63, 3.8) is 0 Å². The lowest BCUT2D eigenvalue weighted by molar-refractivity contribution is -0.129. The zero-order valence-electron chi connectivity index (χ0n) is 17.1. The van der Waals surface area contributed by atoms with Crippen LogP contribution >= 0.6 is 24.0 Å². The molecule has 0 bridgehead atoms. The van der Waals surface area contributed by atoms with Gasteiger partial charge in [0.1, 0.15) is 0 Å². The number of nitrogens with zero attached hydrogens (tertiary/aromatic N) is 2. The number of hydrogen-bond acceptors (Lipinski definition) is 3. The normalized spacial score (nSPS) is 16.0. The monoisotopic (exact) mass is 482 g/mol. The Hall–Kier alpha value is -0.570. The zero-order valence-corrected chi connectivity index (χ0v) is 19.4. The van der Waals surface area contributed by atoms with E-state index in [0.717, 1.165) is 71.0 Å². The topological polar surface area (TPSA) is 66.0 Å². The van der Waals surface area contributed by atoms with Gasteiger partial charge in [-0.05, 0) is 38.5 Å². The van der Waals surface area contributed by atoms with Crippen LogP contribution in [-0.2, 0) is 9.53 Å². The Bertz CT molecular complexity index is 405. The standard InChI is InChI=1S/C19H38N4O2.HI/c1-5-17(23-13-7-9-18(23)24)10-12-22-19(20-6-2)21-11-8-14-25-15-16(3)4;/h16-17H,5-15H2,1-4H3,(H2,20,21,22);1H. The minimum absolute atomic E-state index is 0. The highest BCUT2D eigenvalue weighted by Gasteiger charge is 2.26. The van der Waals surface area contributed by atoms with E-state index >= 15 is 0 Å². The van der Waals surface area contributed by atoms with E-state index in [9.17, 15) is 4.79 Å². The molecule has 1 aliphatic heterocycles. The number of aliphatic imine (C=N–C) groups is 1. The quantitative estimate of drug-likeness (QED) is 0.194. The van der Waals surface area contributed by atoms with Gasteiger partial charge in [0, 0.05) is 51.9 Å². The minimum atomic E-state index is 0. The summed E-state index contributed by atoms with van der Waals surface area (Å²) in [6.45, 7) is 13.5. The van der Waals surface area contributed by atoms with E-state index < -0.39 is 0 Å². The molecule has 7 heteroatoms. The van der Waals surface area contributed by atoms with Gasteiger partial charge in [-0.25, -0.2) is 0 Å². The molecular formula is C19H39IN4O2. The van der Waals surface area contributed by atoms with Crippen LogP contribution in [0.2, 0.25) is 0 Å². The average Bonchev–Trinajstić information content (AvgIpc) is 3.00. The molecule has 0 aromatic carbocycles. The fourth-order valence-electron chi connectivity index (χ4n) is 3.01. The summed E-state index contributed by atoms with van der Waals surface area (Å²) in [7, 11) is 0. The highest BCUT2D eigenvalue weighted by Crippen LogP contribution is 2.17. The number of carbonyl (C=O) groups excluding carboxylic acids is 1. The molecule has 0 saturated carbocycles. The second kappa shape index (κ2) is 15.5. The lowest BCUT2D eigenvalue weighted by atomic mass is 10.1. The van der Waals surface area contributed by atoms with E-state index in [-0.39, 0.29) is 24.0 Å². The summed E-state index contributed by atoms with van der Waals surface area (Å²) in [5.41, 5.74) is 0. The van der Waals surface area contributed by atoms with E-state index in [1.165, 1.54) is 0 Å². The smallest absolute Gasteiger partial charge is 0.222 e. The largest absolute Gasteiger partial charge is 0.381 e. The third kappa shape index (κ3) is 10.5. The van der Waals surface area contributed by atoms with Crippen LogP contribution in [0, 0.1) is 5.92 Å². The molecule has 1 fully saturated rings. The van der Waals surface area contributed by atoms with Crippen molar-refractivity contribution in [3.05, 3.63) is 0 Å². The number of amides is 1. The molecule has 1 amide bonds. The molecule has 0 radical (unpaired) electrons. The number of hydrogen-bond donors (Lipinski definition) is 2. The highest BCUT2D eigenvalue weighted by atomic mass is 127. The molecule has 1 unspecified atom stereocenters. The zero-order chi connectivity index (χ0) is 18.5. The first kappa shape index (κ1) is 25.4. The molecule has 154 valence electrons. The number of halogens is 1. The van der Waals surface area contributed by atoms with Crippen molar-refractivity contribution in [2.75, 3.05) is 39.4 Å². The first-order valence-corrected chi connectivity index (χ1v) is 9.97. The number of nitrogens with one attached hydrogen (secondary N) is 2. The molecule has 1 atom stereocenters. The lowest BCUT2D eigenvalue weighted by Crippen LogP contribution is -2.42. The van der Waals surface area contributed by atoms with Gasteiger partial charge in [-0.2, -0.15) is 0 Å². The Morgan fingerprint density at radius 1 is 1.31 bits per heavy atom. The maximum Gasteiger partial charge on any atom is 0.222 e. The van der Waals surface area contributed by atoms with Crippen LogP contribution in [0.1, 0.15) is 59.8 Å². The SMILES string of the molecule is CCNC(=NCCCOCC(C)C)NCCC(CC)N1CCCC1=O.I. The Morgan fingerprint density at radius 2 is 2.08 bits per heavy atom. The molecule has 26 heavy (non-hydrogen) atoms. The van der Waals surface area contributed by atoms with Crippen molar-refractivity contribution in [3.8, 4) is 0 Å². The molecule has 0 aromatic heterocycles. The van der Waals surface area contributed by atoms with E-state index in [1.807, 2.05) is 0 Å². The summed E-state index contributed by atoms with van der Waals surface area (Å²) < 4.78 is 5.58. The maximum atomic E-state index is 11.9. The van der Waals surface area contributed by atoms with E-state index in [2.05, 4.69) is 48.2 Å². The molecule has 2 N–H and O–H groups in total. The van der Waals surface area contributed by atoms with Crippen LogP contribution in [-0.4, -0.2) is 62.2 Å². The van der Waals surface area contributed by atoms with Crippen molar-refractivity contribution in [1.82, 2.24) is 15.5 Å². The number of likely N-dealkylation sites (tertiary alicyclic amines) is 1. The first-order chi connectivity index (χ1) is 12.1. The fourth-order valence-corrected chi connectivity index (χ4v) is 3.01. The molecular weight excluding hydrogens is 443 g/mol. The van der Waals surface area contributed by atoms with E-state index in [1.54, 1.807) is 0 Å². The Kier molecular flexibility index (Phi) is 15.1. The number of guanidine groups is 1. The van der Waals surface area contributed by atoms with Gasteiger partial charge in [-0.3, -0.25) is 9.79 Å². The minimum Gasteiger partial charge on any atom is -0.381 e. The molecule has 0 aliphatic carbocycles. The van der Waals surface area contributed by atoms with Crippen molar-refractivity contribution < 1.29 is 9.53 Å². The lowest BCUT2D eigenvalue weighted by Gasteiger charge is -2.27. The molecule has 0 spiro atoms. The van der Waals surface area contributed by atoms with Crippen molar-refractivity contribution in [1.29, 1.82) is 0 Å². The predicted octanol–water partition coefficient (Wildman–Crippen LogP) is 3.01. The molecule has 1 heterocycles. The fraction of sp³-hybridized carbons (Fsp3) is 0.895. The third-order valence-corrected chi connectivity index (χ3v) is 4.30. The van der Waals surface area contributed by atoms with Gasteiger partial charge in [0.2, 0.25) is 5.91 Å². The summed E-state index contributed by atoms with van der Waals surface area (Å²) in [6, 6.07) is 0.342. The van der Waals surface area contributed by atoms with Gasteiger partial charge in [0.15, 0.2) is 5.96 Å². The Balaban J connectivity index is 0.00000625. The summed E-state index contributed by atoms with van der Waals surface area (Å²) in [4.78, 5) is 18.6. The summed E-state index contributed by atoms with van der Waals surface area (Å²) >= 11 is 0. The van der Waals surface area contributed by atoms with Crippen LogP contribution < -0.4 is 10.6 Å². The van der Waals surface area contributed by atoms with Crippen molar-refractivity contribution >= 4 is 35.8 Å². The van der Waals surface area contributed by atoms with Gasteiger partial charge in [-0.1, -0.05) is 20.8 Å². The molecule has 1 rings (SSSR count). The summed E-state index contributed by atoms with van der Waals surface area (Å²) in [5, 5.41) is 6.67. The third-order valence-electron chi connectivity index (χ3n) is 4.30. The van der Waals surface area contributed by atoms with Gasteiger partial charge in [-0.15, -0.1) is 24.0 Å². The maximum absolute atomic E-state index is 11.9. The van der Waals surface area contributed by atoms with Crippen LogP contribution in [0.15, 0.2) is 4.99 Å². The van der Waals surface area contributed by atoms with Crippen LogP contribution in [0.5, 0.6) is 0 Å². The van der Waals surface area contributed by atoms with Gasteiger partial charge in [0.25, 0.3) is 0 Å². The number of carbonyl (C=O) groups is 1.